The summed E-state index contributed by atoms with van der Waals surface area (Å²) in [6, 6.07) is 15.8. The van der Waals surface area contributed by atoms with Crippen LogP contribution < -0.4 is 5.32 Å². The zero-order valence-electron chi connectivity index (χ0n) is 15.4. The van der Waals surface area contributed by atoms with E-state index in [1.807, 2.05) is 6.07 Å². The smallest absolute Gasteiger partial charge is 0.335 e. The van der Waals surface area contributed by atoms with E-state index in [1.54, 1.807) is 18.2 Å². The lowest BCUT2D eigenvalue weighted by atomic mass is 9.98. The number of carboxylic acid groups (broad SMARTS) is 1. The van der Waals surface area contributed by atoms with Gasteiger partial charge in [-0.2, -0.15) is 0 Å². The standard InChI is InChI=1S/C22H28N2O2/c1-17-8-10-24(11-9-17)16-20-6-2-4-18(12-20)14-23-15-19-5-3-7-21(13-19)22(25)26/h2-7,12-13,17,23H,8-11,14-16H2,1H3,(H,25,26). The van der Waals surface area contributed by atoms with Gasteiger partial charge >= 0.3 is 5.97 Å². The summed E-state index contributed by atoms with van der Waals surface area (Å²) in [6.07, 6.45) is 2.60. The molecule has 0 bridgehead atoms. The Hall–Kier alpha value is -2.17. The van der Waals surface area contributed by atoms with Crippen LogP contribution in [0.25, 0.3) is 0 Å². The molecular weight excluding hydrogens is 324 g/mol. The van der Waals surface area contributed by atoms with E-state index < -0.39 is 5.97 Å². The van der Waals surface area contributed by atoms with Crippen molar-refractivity contribution in [2.75, 3.05) is 13.1 Å². The van der Waals surface area contributed by atoms with E-state index >= 15 is 0 Å². The number of carboxylic acids is 1. The molecule has 1 saturated heterocycles. The molecule has 0 amide bonds. The highest BCUT2D eigenvalue weighted by Gasteiger charge is 2.15. The summed E-state index contributed by atoms with van der Waals surface area (Å²) in [4.78, 5) is 13.6. The van der Waals surface area contributed by atoms with Crippen LogP contribution in [0, 0.1) is 5.92 Å². The van der Waals surface area contributed by atoms with Gasteiger partial charge in [-0.3, -0.25) is 4.90 Å². The first-order chi connectivity index (χ1) is 12.6. The van der Waals surface area contributed by atoms with E-state index in [1.165, 1.54) is 37.1 Å². The van der Waals surface area contributed by atoms with E-state index in [4.69, 9.17) is 5.11 Å². The summed E-state index contributed by atoms with van der Waals surface area (Å²) in [5, 5.41) is 12.5. The highest BCUT2D eigenvalue weighted by Crippen LogP contribution is 2.18. The molecule has 138 valence electrons. The van der Waals surface area contributed by atoms with Crippen LogP contribution >= 0.6 is 0 Å². The molecule has 4 heteroatoms. The van der Waals surface area contributed by atoms with Crippen molar-refractivity contribution in [2.45, 2.75) is 39.4 Å². The summed E-state index contributed by atoms with van der Waals surface area (Å²) in [5.41, 5.74) is 3.96. The van der Waals surface area contributed by atoms with Crippen LogP contribution in [0.15, 0.2) is 48.5 Å². The summed E-state index contributed by atoms with van der Waals surface area (Å²) in [7, 11) is 0. The zero-order chi connectivity index (χ0) is 18.4. The molecule has 1 aliphatic rings. The van der Waals surface area contributed by atoms with Gasteiger partial charge in [-0.05, 0) is 60.7 Å². The maximum atomic E-state index is 11.0. The third kappa shape index (κ3) is 5.41. The Morgan fingerprint density at radius 1 is 1.04 bits per heavy atom. The van der Waals surface area contributed by atoms with Crippen molar-refractivity contribution in [2.24, 2.45) is 5.92 Å². The molecule has 0 unspecified atom stereocenters. The minimum absolute atomic E-state index is 0.335. The second-order valence-electron chi connectivity index (χ2n) is 7.39. The molecular formula is C22H28N2O2. The highest BCUT2D eigenvalue weighted by atomic mass is 16.4. The summed E-state index contributed by atoms with van der Waals surface area (Å²) < 4.78 is 0. The van der Waals surface area contributed by atoms with Gasteiger partial charge in [-0.15, -0.1) is 0 Å². The van der Waals surface area contributed by atoms with Crippen molar-refractivity contribution < 1.29 is 9.90 Å². The summed E-state index contributed by atoms with van der Waals surface area (Å²) in [6.45, 7) is 7.21. The molecule has 0 aliphatic carbocycles. The van der Waals surface area contributed by atoms with Gasteiger partial charge < -0.3 is 10.4 Å². The molecule has 4 nitrogen and oxygen atoms in total. The van der Waals surface area contributed by atoms with Crippen LogP contribution in [-0.2, 0) is 19.6 Å². The minimum atomic E-state index is -0.883. The van der Waals surface area contributed by atoms with Crippen molar-refractivity contribution in [3.8, 4) is 0 Å². The molecule has 0 atom stereocenters. The lowest BCUT2D eigenvalue weighted by Gasteiger charge is -2.30. The monoisotopic (exact) mass is 352 g/mol. The topological polar surface area (TPSA) is 52.6 Å². The van der Waals surface area contributed by atoms with Crippen molar-refractivity contribution >= 4 is 5.97 Å². The van der Waals surface area contributed by atoms with Gasteiger partial charge in [-0.25, -0.2) is 4.79 Å². The average molecular weight is 352 g/mol. The van der Waals surface area contributed by atoms with E-state index in [-0.39, 0.29) is 0 Å². The first-order valence-corrected chi connectivity index (χ1v) is 9.43. The van der Waals surface area contributed by atoms with Gasteiger partial charge in [0.1, 0.15) is 0 Å². The number of benzene rings is 2. The first kappa shape index (κ1) is 18.6. The molecule has 2 aromatic rings. The average Bonchev–Trinajstić information content (AvgIpc) is 2.64. The van der Waals surface area contributed by atoms with Gasteiger partial charge in [0.05, 0.1) is 5.56 Å². The van der Waals surface area contributed by atoms with Gasteiger partial charge in [0.25, 0.3) is 0 Å². The van der Waals surface area contributed by atoms with Crippen LogP contribution in [0.1, 0.15) is 46.8 Å². The number of piperidine rings is 1. The molecule has 0 saturated carbocycles. The Kier molecular flexibility index (Phi) is 6.42. The molecule has 2 aromatic carbocycles. The number of carbonyl (C=O) groups is 1. The van der Waals surface area contributed by atoms with Crippen LogP contribution in [-0.4, -0.2) is 29.1 Å². The third-order valence-corrected chi connectivity index (χ3v) is 5.11. The fourth-order valence-corrected chi connectivity index (χ4v) is 3.48. The maximum absolute atomic E-state index is 11.0. The second kappa shape index (κ2) is 8.97. The van der Waals surface area contributed by atoms with Gasteiger partial charge in [-0.1, -0.05) is 43.3 Å². The lowest BCUT2D eigenvalue weighted by Crippen LogP contribution is -2.32. The third-order valence-electron chi connectivity index (χ3n) is 5.11. The molecule has 2 N–H and O–H groups in total. The van der Waals surface area contributed by atoms with E-state index in [9.17, 15) is 4.79 Å². The second-order valence-corrected chi connectivity index (χ2v) is 7.39. The van der Waals surface area contributed by atoms with E-state index in [0.717, 1.165) is 24.6 Å². The van der Waals surface area contributed by atoms with Crippen molar-refractivity contribution in [1.29, 1.82) is 0 Å². The largest absolute Gasteiger partial charge is 0.478 e. The quantitative estimate of drug-likeness (QED) is 0.793. The van der Waals surface area contributed by atoms with Gasteiger partial charge in [0.2, 0.25) is 0 Å². The SMILES string of the molecule is CC1CCN(Cc2cccc(CNCc3cccc(C(=O)O)c3)c2)CC1. The number of likely N-dealkylation sites (tertiary alicyclic amines) is 1. The number of hydrogen-bond donors (Lipinski definition) is 2. The number of aromatic carboxylic acids is 1. The molecule has 1 fully saturated rings. The van der Waals surface area contributed by atoms with Gasteiger partial charge in [0, 0.05) is 19.6 Å². The van der Waals surface area contributed by atoms with E-state index in [0.29, 0.717) is 12.1 Å². The number of rotatable bonds is 7. The Morgan fingerprint density at radius 3 is 2.35 bits per heavy atom. The van der Waals surface area contributed by atoms with Crippen LogP contribution in [0.2, 0.25) is 0 Å². The Labute approximate surface area is 155 Å². The molecule has 1 aliphatic heterocycles. The van der Waals surface area contributed by atoms with Crippen LogP contribution in [0.4, 0.5) is 0 Å². The van der Waals surface area contributed by atoms with E-state index in [2.05, 4.69) is 41.4 Å². The van der Waals surface area contributed by atoms with Gasteiger partial charge in [0.15, 0.2) is 0 Å². The maximum Gasteiger partial charge on any atom is 0.335 e. The predicted octanol–water partition coefficient (Wildman–Crippen LogP) is 3.91. The Bertz CT molecular complexity index is 736. The molecule has 0 spiro atoms. The van der Waals surface area contributed by atoms with Crippen molar-refractivity contribution in [3.63, 3.8) is 0 Å². The fraction of sp³-hybridized carbons (Fsp3) is 0.409. The lowest BCUT2D eigenvalue weighted by molar-refractivity contribution is 0.0696. The zero-order valence-corrected chi connectivity index (χ0v) is 15.4. The molecule has 0 aromatic heterocycles. The molecule has 1 heterocycles. The minimum Gasteiger partial charge on any atom is -0.478 e. The summed E-state index contributed by atoms with van der Waals surface area (Å²) in [5.74, 6) is -0.0203. The van der Waals surface area contributed by atoms with Crippen LogP contribution in [0.5, 0.6) is 0 Å². The fourth-order valence-electron chi connectivity index (χ4n) is 3.48. The summed E-state index contributed by atoms with van der Waals surface area (Å²) >= 11 is 0. The molecule has 3 rings (SSSR count). The predicted molar refractivity (Wildman–Crippen MR) is 104 cm³/mol. The first-order valence-electron chi connectivity index (χ1n) is 9.43. The molecule has 26 heavy (non-hydrogen) atoms. The van der Waals surface area contributed by atoms with Crippen molar-refractivity contribution in [3.05, 3.63) is 70.8 Å². The Morgan fingerprint density at radius 2 is 1.65 bits per heavy atom. The molecule has 0 radical (unpaired) electrons. The Balaban J connectivity index is 1.51. The van der Waals surface area contributed by atoms with Crippen molar-refractivity contribution in [1.82, 2.24) is 10.2 Å². The number of hydrogen-bond acceptors (Lipinski definition) is 3. The number of nitrogens with zero attached hydrogens (tertiary/aromatic N) is 1. The van der Waals surface area contributed by atoms with Crippen LogP contribution in [0.3, 0.4) is 0 Å². The highest BCUT2D eigenvalue weighted by molar-refractivity contribution is 5.87. The normalized spacial score (nSPS) is 15.9. The number of nitrogens with one attached hydrogen (secondary N) is 1.